The second-order valence-corrected chi connectivity index (χ2v) is 13.9. The van der Waals surface area contributed by atoms with Crippen molar-refractivity contribution in [1.29, 1.82) is 0 Å². The molecule has 1 unspecified atom stereocenters. The minimum absolute atomic E-state index is 0.0499. The minimum atomic E-state index is -1.11. The van der Waals surface area contributed by atoms with E-state index < -0.39 is 23.1 Å². The average molecular weight is 680 g/mol. The Balaban J connectivity index is 1.15. The van der Waals surface area contributed by atoms with Crippen LogP contribution < -0.4 is 10.6 Å². The molecule has 1 aliphatic heterocycles. The number of fused-ring (bicyclic) bond motifs is 2. The number of carboxylic acids is 1. The second-order valence-electron chi connectivity index (χ2n) is 11.4. The number of carboxylic acid groups (broad SMARTS) is 1. The summed E-state index contributed by atoms with van der Waals surface area (Å²) in [7, 11) is 1.35. The molecular formula is C37H33N3O6S2. The Morgan fingerprint density at radius 1 is 0.938 bits per heavy atom. The Morgan fingerprint density at radius 3 is 2.40 bits per heavy atom. The van der Waals surface area contributed by atoms with Crippen LogP contribution in [0.1, 0.15) is 54.0 Å². The number of hydrogen-bond donors (Lipinski definition) is 3. The molecule has 48 heavy (non-hydrogen) atoms. The molecule has 1 aliphatic rings. The van der Waals surface area contributed by atoms with E-state index in [0.717, 1.165) is 28.4 Å². The van der Waals surface area contributed by atoms with E-state index in [2.05, 4.69) is 27.7 Å². The first-order valence-corrected chi connectivity index (χ1v) is 17.0. The third kappa shape index (κ3) is 7.13. The number of hydrogen-bond acceptors (Lipinski definition) is 8. The zero-order chi connectivity index (χ0) is 33.8. The molecule has 3 N–H and O–H groups in total. The predicted molar refractivity (Wildman–Crippen MR) is 189 cm³/mol. The number of carbonyl (C=O) groups is 4. The van der Waals surface area contributed by atoms with Crippen molar-refractivity contribution < 1.29 is 29.0 Å². The van der Waals surface area contributed by atoms with E-state index in [-0.39, 0.29) is 17.0 Å². The third-order valence-corrected chi connectivity index (χ3v) is 10.4. The summed E-state index contributed by atoms with van der Waals surface area (Å²) in [6.45, 7) is 4.04. The summed E-state index contributed by atoms with van der Waals surface area (Å²) in [6.07, 6.45) is 0.679. The number of rotatable bonds is 10. The van der Waals surface area contributed by atoms with E-state index in [9.17, 15) is 24.3 Å². The molecule has 4 aromatic carbocycles. The summed E-state index contributed by atoms with van der Waals surface area (Å²) in [5, 5.41) is 16.5. The van der Waals surface area contributed by atoms with Gasteiger partial charge in [-0.25, -0.2) is 9.59 Å². The summed E-state index contributed by atoms with van der Waals surface area (Å²) in [5.74, 6) is -2.29. The molecule has 0 spiro atoms. The lowest BCUT2D eigenvalue weighted by Gasteiger charge is -2.27. The Morgan fingerprint density at radius 2 is 1.67 bits per heavy atom. The van der Waals surface area contributed by atoms with E-state index in [1.807, 2.05) is 24.3 Å². The maximum absolute atomic E-state index is 13.5. The molecule has 0 radical (unpaired) electrons. The van der Waals surface area contributed by atoms with Crippen molar-refractivity contribution in [3.63, 3.8) is 0 Å². The van der Waals surface area contributed by atoms with Crippen LogP contribution in [0.3, 0.4) is 0 Å². The number of carbonyl (C=O) groups excluding carboxylic acids is 3. The van der Waals surface area contributed by atoms with Crippen LogP contribution in [-0.4, -0.2) is 52.7 Å². The van der Waals surface area contributed by atoms with E-state index in [1.165, 1.54) is 41.8 Å². The monoisotopic (exact) mass is 679 g/mol. The third-order valence-electron chi connectivity index (χ3n) is 8.16. The van der Waals surface area contributed by atoms with Gasteiger partial charge in [-0.1, -0.05) is 60.7 Å². The van der Waals surface area contributed by atoms with Crippen molar-refractivity contribution in [1.82, 2.24) is 4.90 Å². The van der Waals surface area contributed by atoms with Crippen LogP contribution in [0.25, 0.3) is 10.8 Å². The Kier molecular flexibility index (Phi) is 9.90. The summed E-state index contributed by atoms with van der Waals surface area (Å²) < 4.78 is 5.11. The molecule has 244 valence electrons. The molecule has 1 atom stereocenters. The number of aromatic carboxylic acids is 1. The number of ether oxygens (including phenoxy) is 1. The topological polar surface area (TPSA) is 125 Å². The molecule has 1 aromatic heterocycles. The Labute approximate surface area is 285 Å². The van der Waals surface area contributed by atoms with Crippen LogP contribution in [0, 0.1) is 0 Å². The van der Waals surface area contributed by atoms with Crippen LogP contribution in [0.5, 0.6) is 0 Å². The molecule has 2 heterocycles. The maximum atomic E-state index is 13.5. The van der Waals surface area contributed by atoms with Crippen molar-refractivity contribution >= 4 is 68.3 Å². The molecule has 0 saturated carbocycles. The summed E-state index contributed by atoms with van der Waals surface area (Å²) in [6, 6.07) is 27.3. The van der Waals surface area contributed by atoms with Crippen LogP contribution in [0.15, 0.2) is 95.9 Å². The standard InChI is InChI=1S/C37H33N3O6S2/c1-22(33(41)39-35-32(37(45)46-2)27-17-18-40(21-30(27)48-35)20-23-9-4-3-5-10-23)47-26-14-8-13-25(19-26)38-34(42)28-15-6-11-24-12-7-16-29(31(24)28)36(43)44/h3-16,19,22H,17-18,20-21H2,1-2H3,(H,38,42)(H,39,41)(H,43,44). The molecule has 5 aromatic rings. The fourth-order valence-corrected chi connectivity index (χ4v) is 8.07. The van der Waals surface area contributed by atoms with Gasteiger partial charge in [-0.3, -0.25) is 14.5 Å². The lowest BCUT2D eigenvalue weighted by molar-refractivity contribution is -0.115. The molecular weight excluding hydrogens is 647 g/mol. The van der Waals surface area contributed by atoms with Crippen LogP contribution >= 0.6 is 23.1 Å². The van der Waals surface area contributed by atoms with E-state index in [0.29, 0.717) is 40.0 Å². The number of thiophene rings is 1. The number of benzene rings is 4. The minimum Gasteiger partial charge on any atom is -0.478 e. The molecule has 2 amide bonds. The Bertz CT molecular complexity index is 2020. The first kappa shape index (κ1) is 33.0. The zero-order valence-corrected chi connectivity index (χ0v) is 28.0. The van der Waals surface area contributed by atoms with Crippen LogP contribution in [0.4, 0.5) is 10.7 Å². The number of nitrogens with one attached hydrogen (secondary N) is 2. The highest BCUT2D eigenvalue weighted by Gasteiger charge is 2.30. The van der Waals surface area contributed by atoms with Gasteiger partial charge in [0.2, 0.25) is 5.91 Å². The lowest BCUT2D eigenvalue weighted by atomic mass is 9.98. The number of thioether (sulfide) groups is 1. The fraction of sp³-hybridized carbons (Fsp3) is 0.189. The van der Waals surface area contributed by atoms with Crippen LogP contribution in [0.2, 0.25) is 0 Å². The summed E-state index contributed by atoms with van der Waals surface area (Å²) in [5.41, 5.74) is 3.37. The van der Waals surface area contributed by atoms with Gasteiger partial charge in [0.1, 0.15) is 5.00 Å². The van der Waals surface area contributed by atoms with E-state index in [4.69, 9.17) is 4.74 Å². The summed E-state index contributed by atoms with van der Waals surface area (Å²) in [4.78, 5) is 55.7. The number of amides is 2. The number of methoxy groups -OCH3 is 1. The molecule has 0 saturated heterocycles. The molecule has 0 fully saturated rings. The molecule has 0 aliphatic carbocycles. The molecule has 0 bridgehead atoms. The lowest BCUT2D eigenvalue weighted by Crippen LogP contribution is -2.29. The SMILES string of the molecule is COC(=O)c1c(NC(=O)C(C)Sc2cccc(NC(=O)c3cccc4cccc(C(=O)O)c34)c2)sc2c1CCN(Cc1ccccc1)C2. The number of esters is 1. The van der Waals surface area contributed by atoms with Crippen molar-refractivity contribution in [2.45, 2.75) is 36.6 Å². The van der Waals surface area contributed by atoms with E-state index >= 15 is 0 Å². The maximum Gasteiger partial charge on any atom is 0.341 e. The number of anilines is 2. The van der Waals surface area contributed by atoms with Crippen molar-refractivity contribution in [3.8, 4) is 0 Å². The van der Waals surface area contributed by atoms with Crippen molar-refractivity contribution in [2.24, 2.45) is 0 Å². The molecule has 6 rings (SSSR count). The van der Waals surface area contributed by atoms with Gasteiger partial charge in [0.05, 0.1) is 23.5 Å². The van der Waals surface area contributed by atoms with Crippen LogP contribution in [-0.2, 0) is 29.0 Å². The highest BCUT2D eigenvalue weighted by Crippen LogP contribution is 2.39. The van der Waals surface area contributed by atoms with Gasteiger partial charge in [-0.2, -0.15) is 0 Å². The van der Waals surface area contributed by atoms with E-state index in [1.54, 1.807) is 55.5 Å². The first-order valence-electron chi connectivity index (χ1n) is 15.3. The second kappa shape index (κ2) is 14.4. The Hall–Kier alpha value is -4.97. The zero-order valence-electron chi connectivity index (χ0n) is 26.3. The highest BCUT2D eigenvalue weighted by molar-refractivity contribution is 8.00. The quantitative estimate of drug-likeness (QED) is 0.104. The summed E-state index contributed by atoms with van der Waals surface area (Å²) >= 11 is 2.73. The van der Waals surface area contributed by atoms with Crippen molar-refractivity contribution in [2.75, 3.05) is 24.3 Å². The van der Waals surface area contributed by atoms with Gasteiger partial charge in [-0.15, -0.1) is 23.1 Å². The number of nitrogens with zero attached hydrogens (tertiary/aromatic N) is 1. The highest BCUT2D eigenvalue weighted by atomic mass is 32.2. The smallest absolute Gasteiger partial charge is 0.341 e. The van der Waals surface area contributed by atoms with Gasteiger partial charge >= 0.3 is 11.9 Å². The van der Waals surface area contributed by atoms with Gasteiger partial charge in [0.15, 0.2) is 0 Å². The largest absolute Gasteiger partial charge is 0.478 e. The van der Waals surface area contributed by atoms with Crippen molar-refractivity contribution in [3.05, 3.63) is 124 Å². The van der Waals surface area contributed by atoms with Gasteiger partial charge in [-0.05, 0) is 60.2 Å². The molecule has 11 heteroatoms. The van der Waals surface area contributed by atoms with Gasteiger partial charge in [0, 0.05) is 46.0 Å². The normalized spacial score (nSPS) is 13.4. The van der Waals surface area contributed by atoms with Gasteiger partial charge in [0.25, 0.3) is 5.91 Å². The van der Waals surface area contributed by atoms with Gasteiger partial charge < -0.3 is 20.5 Å². The predicted octanol–water partition coefficient (Wildman–Crippen LogP) is 7.32. The first-order chi connectivity index (χ1) is 23.2. The molecule has 9 nitrogen and oxygen atoms in total. The fourth-order valence-electron chi connectivity index (χ4n) is 5.86. The average Bonchev–Trinajstić information content (AvgIpc) is 3.44.